The average Bonchev–Trinajstić information content (AvgIpc) is 2.26. The van der Waals surface area contributed by atoms with Crippen LogP contribution in [-0.2, 0) is 16.1 Å². The first-order valence-electron chi connectivity index (χ1n) is 4.22. The maximum absolute atomic E-state index is 10.8. The van der Waals surface area contributed by atoms with Crippen LogP contribution in [0, 0.1) is 0 Å². The highest BCUT2D eigenvalue weighted by molar-refractivity contribution is 5.87. The van der Waals surface area contributed by atoms with E-state index in [2.05, 4.69) is 4.74 Å². The van der Waals surface area contributed by atoms with E-state index in [1.807, 2.05) is 18.2 Å². The van der Waals surface area contributed by atoms with Crippen molar-refractivity contribution in [3.8, 4) is 0 Å². The summed E-state index contributed by atoms with van der Waals surface area (Å²) < 4.78 is 4.46. The number of carbonyl (C=O) groups excluding carboxylic acids is 1. The van der Waals surface area contributed by atoms with Crippen LogP contribution in [0.15, 0.2) is 30.3 Å². The van der Waals surface area contributed by atoms with Crippen molar-refractivity contribution in [2.45, 2.75) is 6.61 Å². The summed E-state index contributed by atoms with van der Waals surface area (Å²) in [4.78, 5) is 10.8. The van der Waals surface area contributed by atoms with E-state index in [4.69, 9.17) is 5.11 Å². The molecular weight excluding hydrogens is 180 g/mol. The minimum absolute atomic E-state index is 0.0400. The number of aliphatic hydroxyl groups excluding tert-OH is 1. The van der Waals surface area contributed by atoms with Crippen LogP contribution >= 0.6 is 0 Å². The van der Waals surface area contributed by atoms with Crippen molar-refractivity contribution >= 4 is 12.0 Å². The first-order valence-corrected chi connectivity index (χ1v) is 4.22. The second-order valence-electron chi connectivity index (χ2n) is 2.71. The number of hydrogen-bond acceptors (Lipinski definition) is 3. The molecule has 0 radical (unpaired) electrons. The second kappa shape index (κ2) is 5.19. The van der Waals surface area contributed by atoms with Gasteiger partial charge >= 0.3 is 5.97 Å². The van der Waals surface area contributed by atoms with Crippen molar-refractivity contribution < 1.29 is 14.6 Å². The minimum Gasteiger partial charge on any atom is -0.466 e. The first kappa shape index (κ1) is 10.5. The molecule has 0 unspecified atom stereocenters. The first-order chi connectivity index (χ1) is 6.77. The molecule has 3 heteroatoms. The lowest BCUT2D eigenvalue weighted by Crippen LogP contribution is -1.94. The Morgan fingerprint density at radius 2 is 2.21 bits per heavy atom. The van der Waals surface area contributed by atoms with Gasteiger partial charge in [-0.1, -0.05) is 24.3 Å². The predicted octanol–water partition coefficient (Wildman–Crippen LogP) is 1.37. The SMILES string of the molecule is COC(=O)/C=C/c1ccccc1CO. The van der Waals surface area contributed by atoms with Gasteiger partial charge in [0.2, 0.25) is 0 Å². The van der Waals surface area contributed by atoms with E-state index >= 15 is 0 Å². The Balaban J connectivity index is 2.85. The summed E-state index contributed by atoms with van der Waals surface area (Å²) in [7, 11) is 1.32. The molecule has 0 bridgehead atoms. The zero-order valence-corrected chi connectivity index (χ0v) is 7.93. The second-order valence-corrected chi connectivity index (χ2v) is 2.71. The number of benzene rings is 1. The van der Waals surface area contributed by atoms with Gasteiger partial charge in [-0.2, -0.15) is 0 Å². The van der Waals surface area contributed by atoms with Crippen LogP contribution in [-0.4, -0.2) is 18.2 Å². The molecule has 0 heterocycles. The Morgan fingerprint density at radius 3 is 2.86 bits per heavy atom. The Labute approximate surface area is 82.6 Å². The van der Waals surface area contributed by atoms with Crippen molar-refractivity contribution in [2.75, 3.05) is 7.11 Å². The van der Waals surface area contributed by atoms with Crippen LogP contribution in [0.25, 0.3) is 6.08 Å². The van der Waals surface area contributed by atoms with E-state index in [0.717, 1.165) is 11.1 Å². The molecule has 14 heavy (non-hydrogen) atoms. The van der Waals surface area contributed by atoms with Crippen molar-refractivity contribution in [1.82, 2.24) is 0 Å². The summed E-state index contributed by atoms with van der Waals surface area (Å²) in [6.07, 6.45) is 2.95. The quantitative estimate of drug-likeness (QED) is 0.581. The molecular formula is C11H12O3. The summed E-state index contributed by atoms with van der Waals surface area (Å²) in [5, 5.41) is 8.99. The molecule has 1 N–H and O–H groups in total. The number of methoxy groups -OCH3 is 1. The van der Waals surface area contributed by atoms with Gasteiger partial charge in [0.25, 0.3) is 0 Å². The zero-order chi connectivity index (χ0) is 10.4. The number of hydrogen-bond donors (Lipinski definition) is 1. The highest BCUT2D eigenvalue weighted by Crippen LogP contribution is 2.10. The third kappa shape index (κ3) is 2.71. The summed E-state index contributed by atoms with van der Waals surface area (Å²) in [6.45, 7) is -0.0400. The molecule has 0 aromatic heterocycles. The molecule has 0 saturated carbocycles. The lowest BCUT2D eigenvalue weighted by Gasteiger charge is -2.00. The van der Waals surface area contributed by atoms with Gasteiger partial charge < -0.3 is 9.84 Å². The standard InChI is InChI=1S/C11H12O3/c1-14-11(13)7-6-9-4-2-3-5-10(9)8-12/h2-7,12H,8H2,1H3/b7-6+. The topological polar surface area (TPSA) is 46.5 Å². The van der Waals surface area contributed by atoms with Crippen molar-refractivity contribution in [3.05, 3.63) is 41.5 Å². The van der Waals surface area contributed by atoms with Crippen LogP contribution in [0.4, 0.5) is 0 Å². The van der Waals surface area contributed by atoms with Crippen LogP contribution < -0.4 is 0 Å². The van der Waals surface area contributed by atoms with E-state index in [9.17, 15) is 4.79 Å². The smallest absolute Gasteiger partial charge is 0.330 e. The molecule has 1 rings (SSSR count). The lowest BCUT2D eigenvalue weighted by molar-refractivity contribution is -0.134. The Kier molecular flexibility index (Phi) is 3.88. The summed E-state index contributed by atoms with van der Waals surface area (Å²) in [5.41, 5.74) is 1.60. The summed E-state index contributed by atoms with van der Waals surface area (Å²) in [6, 6.07) is 7.30. The minimum atomic E-state index is -0.405. The Bertz CT molecular complexity index is 342. The van der Waals surface area contributed by atoms with E-state index in [-0.39, 0.29) is 6.61 Å². The molecule has 0 fully saturated rings. The lowest BCUT2D eigenvalue weighted by atomic mass is 10.1. The maximum atomic E-state index is 10.8. The summed E-state index contributed by atoms with van der Waals surface area (Å²) >= 11 is 0. The number of ether oxygens (including phenoxy) is 1. The van der Waals surface area contributed by atoms with Gasteiger partial charge in [0.1, 0.15) is 0 Å². The molecule has 74 valence electrons. The maximum Gasteiger partial charge on any atom is 0.330 e. The van der Waals surface area contributed by atoms with E-state index in [0.29, 0.717) is 0 Å². The van der Waals surface area contributed by atoms with Crippen LogP contribution in [0.2, 0.25) is 0 Å². The van der Waals surface area contributed by atoms with Gasteiger partial charge in [-0.05, 0) is 17.2 Å². The zero-order valence-electron chi connectivity index (χ0n) is 7.93. The molecule has 0 atom stereocenters. The van der Waals surface area contributed by atoms with Crippen molar-refractivity contribution in [2.24, 2.45) is 0 Å². The summed E-state index contributed by atoms with van der Waals surface area (Å²) in [5.74, 6) is -0.405. The van der Waals surface area contributed by atoms with Crippen LogP contribution in [0.3, 0.4) is 0 Å². The molecule has 1 aromatic rings. The fourth-order valence-electron chi connectivity index (χ4n) is 1.07. The Morgan fingerprint density at radius 1 is 1.50 bits per heavy atom. The van der Waals surface area contributed by atoms with Gasteiger partial charge in [0.05, 0.1) is 13.7 Å². The Hall–Kier alpha value is -1.61. The van der Waals surface area contributed by atoms with Gasteiger partial charge in [-0.25, -0.2) is 4.79 Å². The molecule has 0 aliphatic heterocycles. The van der Waals surface area contributed by atoms with Crippen LogP contribution in [0.1, 0.15) is 11.1 Å². The highest BCUT2D eigenvalue weighted by atomic mass is 16.5. The molecule has 0 amide bonds. The molecule has 0 aliphatic rings. The normalized spacial score (nSPS) is 10.4. The third-order valence-corrected chi connectivity index (χ3v) is 1.83. The fourth-order valence-corrected chi connectivity index (χ4v) is 1.07. The van der Waals surface area contributed by atoms with Crippen LogP contribution in [0.5, 0.6) is 0 Å². The molecule has 0 spiro atoms. The fraction of sp³-hybridized carbons (Fsp3) is 0.182. The molecule has 1 aromatic carbocycles. The largest absolute Gasteiger partial charge is 0.466 e. The van der Waals surface area contributed by atoms with E-state index in [1.165, 1.54) is 13.2 Å². The van der Waals surface area contributed by atoms with Crippen molar-refractivity contribution in [1.29, 1.82) is 0 Å². The average molecular weight is 192 g/mol. The highest BCUT2D eigenvalue weighted by Gasteiger charge is 1.97. The number of rotatable bonds is 3. The predicted molar refractivity (Wildman–Crippen MR) is 53.4 cm³/mol. The van der Waals surface area contributed by atoms with Gasteiger partial charge in [0.15, 0.2) is 0 Å². The van der Waals surface area contributed by atoms with Gasteiger partial charge in [-0.15, -0.1) is 0 Å². The monoisotopic (exact) mass is 192 g/mol. The molecule has 3 nitrogen and oxygen atoms in total. The number of aliphatic hydroxyl groups is 1. The van der Waals surface area contributed by atoms with E-state index in [1.54, 1.807) is 12.1 Å². The molecule has 0 saturated heterocycles. The van der Waals surface area contributed by atoms with Gasteiger partial charge in [-0.3, -0.25) is 0 Å². The van der Waals surface area contributed by atoms with Crippen molar-refractivity contribution in [3.63, 3.8) is 0 Å². The number of carbonyl (C=O) groups is 1. The van der Waals surface area contributed by atoms with E-state index < -0.39 is 5.97 Å². The van der Waals surface area contributed by atoms with Gasteiger partial charge in [0, 0.05) is 6.08 Å². The number of esters is 1. The third-order valence-electron chi connectivity index (χ3n) is 1.83. The molecule has 0 aliphatic carbocycles.